The van der Waals surface area contributed by atoms with Gasteiger partial charge in [0.05, 0.1) is 0 Å². The van der Waals surface area contributed by atoms with Crippen molar-refractivity contribution < 1.29 is 4.79 Å². The van der Waals surface area contributed by atoms with Crippen LogP contribution in [0.5, 0.6) is 0 Å². The highest BCUT2D eigenvalue weighted by Gasteiger charge is 2.14. The number of hydrogen-bond donors (Lipinski definition) is 2. The molecule has 70 valence electrons. The number of carbonyl (C=O) groups excluding carboxylic acids is 1. The van der Waals surface area contributed by atoms with Gasteiger partial charge in [0.2, 0.25) is 5.91 Å². The average molecular weight is 171 g/mol. The van der Waals surface area contributed by atoms with Crippen molar-refractivity contribution in [3.05, 3.63) is 11.8 Å². The molecule has 1 unspecified atom stereocenters. The number of nitrogens with zero attached hydrogens (tertiary/aromatic N) is 1. The zero-order chi connectivity index (χ0) is 9.72. The Balaban J connectivity index is 4.36. The van der Waals surface area contributed by atoms with E-state index in [1.807, 2.05) is 0 Å². The van der Waals surface area contributed by atoms with Crippen molar-refractivity contribution in [3.8, 4) is 0 Å². The van der Waals surface area contributed by atoms with E-state index >= 15 is 0 Å². The molecule has 0 saturated carbocycles. The summed E-state index contributed by atoms with van der Waals surface area (Å²) in [5.41, 5.74) is 6.10. The summed E-state index contributed by atoms with van der Waals surface area (Å²) in [5.74, 6) is 0.00213. The third-order valence-electron chi connectivity index (χ3n) is 1.45. The van der Waals surface area contributed by atoms with Crippen molar-refractivity contribution in [2.45, 2.75) is 13.0 Å². The van der Waals surface area contributed by atoms with E-state index in [4.69, 9.17) is 5.73 Å². The first-order valence-electron chi connectivity index (χ1n) is 3.81. The molecule has 0 bridgehead atoms. The number of rotatable bonds is 3. The molecule has 0 saturated heterocycles. The highest BCUT2D eigenvalue weighted by Crippen LogP contribution is 1.93. The molecule has 1 atom stereocenters. The zero-order valence-corrected chi connectivity index (χ0v) is 8.09. The third-order valence-corrected chi connectivity index (χ3v) is 1.45. The summed E-state index contributed by atoms with van der Waals surface area (Å²) < 4.78 is 0. The van der Waals surface area contributed by atoms with Crippen LogP contribution in [0.4, 0.5) is 0 Å². The van der Waals surface area contributed by atoms with Gasteiger partial charge in [-0.3, -0.25) is 4.79 Å². The lowest BCUT2D eigenvalue weighted by Crippen LogP contribution is -2.40. The fourth-order valence-electron chi connectivity index (χ4n) is 0.819. The maximum absolute atomic E-state index is 11.4. The predicted octanol–water partition coefficient (Wildman–Crippen LogP) is -0.475. The Morgan fingerprint density at radius 1 is 1.58 bits per heavy atom. The lowest BCUT2D eigenvalue weighted by atomic mass is 10.2. The molecule has 0 aromatic heterocycles. The van der Waals surface area contributed by atoms with Crippen molar-refractivity contribution in [3.63, 3.8) is 0 Å². The Morgan fingerprint density at radius 2 is 2.08 bits per heavy atom. The standard InChI is InChI=1S/C8H17N3O/c1-6(9)5-7(10-2)8(12)11(3)4/h5,7,10H,9H2,1-4H3/b6-5-. The highest BCUT2D eigenvalue weighted by atomic mass is 16.2. The number of allylic oxidation sites excluding steroid dienone is 1. The van der Waals surface area contributed by atoms with Crippen molar-refractivity contribution in [1.82, 2.24) is 10.2 Å². The van der Waals surface area contributed by atoms with Crippen LogP contribution in [0.3, 0.4) is 0 Å². The van der Waals surface area contributed by atoms with Crippen LogP contribution >= 0.6 is 0 Å². The van der Waals surface area contributed by atoms with Crippen molar-refractivity contribution in [2.75, 3.05) is 21.1 Å². The molecule has 4 heteroatoms. The Hall–Kier alpha value is -1.03. The summed E-state index contributed by atoms with van der Waals surface area (Å²) in [4.78, 5) is 12.9. The quantitative estimate of drug-likeness (QED) is 0.603. The van der Waals surface area contributed by atoms with Gasteiger partial charge in [0.15, 0.2) is 0 Å². The Bertz CT molecular complexity index is 183. The third kappa shape index (κ3) is 3.39. The zero-order valence-electron chi connectivity index (χ0n) is 8.09. The molecular weight excluding hydrogens is 154 g/mol. The van der Waals surface area contributed by atoms with Crippen LogP contribution in [0, 0.1) is 0 Å². The van der Waals surface area contributed by atoms with Gasteiger partial charge in [-0.25, -0.2) is 0 Å². The summed E-state index contributed by atoms with van der Waals surface area (Å²) in [6.45, 7) is 1.76. The van der Waals surface area contributed by atoms with Gasteiger partial charge < -0.3 is 16.0 Å². The molecule has 0 aliphatic carbocycles. The second kappa shape index (κ2) is 4.77. The van der Waals surface area contributed by atoms with E-state index in [1.165, 1.54) is 4.90 Å². The Kier molecular flexibility index (Phi) is 4.36. The van der Waals surface area contributed by atoms with Gasteiger partial charge in [0.1, 0.15) is 6.04 Å². The largest absolute Gasteiger partial charge is 0.402 e. The minimum atomic E-state index is -0.315. The van der Waals surface area contributed by atoms with Crippen LogP contribution in [0.1, 0.15) is 6.92 Å². The molecule has 12 heavy (non-hydrogen) atoms. The van der Waals surface area contributed by atoms with Crippen LogP contribution < -0.4 is 11.1 Å². The lowest BCUT2D eigenvalue weighted by molar-refractivity contribution is -0.129. The summed E-state index contributed by atoms with van der Waals surface area (Å²) in [6.07, 6.45) is 1.70. The Labute approximate surface area is 73.4 Å². The van der Waals surface area contributed by atoms with Crippen LogP contribution in [0.2, 0.25) is 0 Å². The van der Waals surface area contributed by atoms with Crippen molar-refractivity contribution in [2.24, 2.45) is 5.73 Å². The van der Waals surface area contributed by atoms with Gasteiger partial charge in [-0.2, -0.15) is 0 Å². The maximum atomic E-state index is 11.4. The molecular formula is C8H17N3O. The van der Waals surface area contributed by atoms with E-state index in [0.717, 1.165) is 0 Å². The molecule has 0 aromatic carbocycles. The molecule has 3 N–H and O–H groups in total. The first-order valence-corrected chi connectivity index (χ1v) is 3.81. The van der Waals surface area contributed by atoms with E-state index in [0.29, 0.717) is 5.70 Å². The molecule has 0 radical (unpaired) electrons. The van der Waals surface area contributed by atoms with E-state index in [2.05, 4.69) is 5.32 Å². The van der Waals surface area contributed by atoms with Crippen LogP contribution in [0.25, 0.3) is 0 Å². The molecule has 1 amide bonds. The fraction of sp³-hybridized carbons (Fsp3) is 0.625. The number of carbonyl (C=O) groups is 1. The molecule has 4 nitrogen and oxygen atoms in total. The SMILES string of the molecule is CNC(/C=C(/C)N)C(=O)N(C)C. The van der Waals surface area contributed by atoms with Gasteiger partial charge >= 0.3 is 0 Å². The smallest absolute Gasteiger partial charge is 0.243 e. The summed E-state index contributed by atoms with van der Waals surface area (Å²) in [5, 5.41) is 2.87. The molecule has 0 rings (SSSR count). The average Bonchev–Trinajstić information content (AvgIpc) is 1.98. The minimum Gasteiger partial charge on any atom is -0.402 e. The Morgan fingerprint density at radius 3 is 2.33 bits per heavy atom. The summed E-state index contributed by atoms with van der Waals surface area (Å²) in [6, 6.07) is -0.315. The molecule has 0 fully saturated rings. The number of likely N-dealkylation sites (N-methyl/N-ethyl adjacent to an activating group) is 2. The van der Waals surface area contributed by atoms with Gasteiger partial charge in [0.25, 0.3) is 0 Å². The predicted molar refractivity (Wildman–Crippen MR) is 49.5 cm³/mol. The van der Waals surface area contributed by atoms with Gasteiger partial charge in [-0.05, 0) is 20.0 Å². The highest BCUT2D eigenvalue weighted by molar-refractivity contribution is 5.83. The van der Waals surface area contributed by atoms with E-state index in [1.54, 1.807) is 34.1 Å². The van der Waals surface area contributed by atoms with Gasteiger partial charge in [0, 0.05) is 19.8 Å². The van der Waals surface area contributed by atoms with Crippen LogP contribution in [-0.4, -0.2) is 38.0 Å². The molecule has 0 heterocycles. The van der Waals surface area contributed by atoms with Crippen molar-refractivity contribution in [1.29, 1.82) is 0 Å². The topological polar surface area (TPSA) is 58.4 Å². The van der Waals surface area contributed by atoms with E-state index in [9.17, 15) is 4.79 Å². The second-order valence-electron chi connectivity index (χ2n) is 2.91. The first-order chi connectivity index (χ1) is 5.49. The number of nitrogens with one attached hydrogen (secondary N) is 1. The van der Waals surface area contributed by atoms with Gasteiger partial charge in [-0.15, -0.1) is 0 Å². The molecule has 0 aromatic rings. The normalized spacial score (nSPS) is 14.2. The van der Waals surface area contributed by atoms with Gasteiger partial charge in [-0.1, -0.05) is 0 Å². The lowest BCUT2D eigenvalue weighted by Gasteiger charge is -2.17. The monoisotopic (exact) mass is 171 g/mol. The van der Waals surface area contributed by atoms with Crippen LogP contribution in [0.15, 0.2) is 11.8 Å². The number of nitrogens with two attached hydrogens (primary N) is 1. The van der Waals surface area contributed by atoms with E-state index in [-0.39, 0.29) is 11.9 Å². The maximum Gasteiger partial charge on any atom is 0.243 e. The molecule has 0 aliphatic rings. The van der Waals surface area contributed by atoms with E-state index < -0.39 is 0 Å². The summed E-state index contributed by atoms with van der Waals surface area (Å²) in [7, 11) is 5.16. The molecule has 0 spiro atoms. The number of amides is 1. The fourth-order valence-corrected chi connectivity index (χ4v) is 0.819. The second-order valence-corrected chi connectivity index (χ2v) is 2.91. The van der Waals surface area contributed by atoms with Crippen molar-refractivity contribution >= 4 is 5.91 Å². The number of hydrogen-bond acceptors (Lipinski definition) is 3. The summed E-state index contributed by atoms with van der Waals surface area (Å²) >= 11 is 0. The minimum absolute atomic E-state index is 0.00213. The molecule has 0 aliphatic heterocycles. The first kappa shape index (κ1) is 11.0. The van der Waals surface area contributed by atoms with Crippen LogP contribution in [-0.2, 0) is 4.79 Å².